The molecule has 1 saturated heterocycles. The summed E-state index contributed by atoms with van der Waals surface area (Å²) in [6, 6.07) is 4.72. The number of sulfonamides is 1. The Morgan fingerprint density at radius 2 is 2.10 bits per heavy atom. The van der Waals surface area contributed by atoms with Crippen LogP contribution >= 0.6 is 0 Å². The zero-order valence-electron chi connectivity index (χ0n) is 12.7. The van der Waals surface area contributed by atoms with Crippen molar-refractivity contribution in [3.63, 3.8) is 0 Å². The van der Waals surface area contributed by atoms with Gasteiger partial charge in [0.15, 0.2) is 0 Å². The Morgan fingerprint density at radius 1 is 1.38 bits per heavy atom. The van der Waals surface area contributed by atoms with Gasteiger partial charge in [-0.2, -0.15) is 4.31 Å². The maximum Gasteiger partial charge on any atom is 0.247 e. The van der Waals surface area contributed by atoms with Crippen molar-refractivity contribution in [2.24, 2.45) is 5.92 Å². The van der Waals surface area contributed by atoms with Gasteiger partial charge >= 0.3 is 0 Å². The molecule has 0 radical (unpaired) electrons. The van der Waals surface area contributed by atoms with Crippen molar-refractivity contribution in [1.29, 1.82) is 0 Å². The van der Waals surface area contributed by atoms with E-state index in [1.807, 2.05) is 6.92 Å². The van der Waals surface area contributed by atoms with E-state index in [2.05, 4.69) is 6.92 Å². The van der Waals surface area contributed by atoms with Crippen LogP contribution in [0, 0.1) is 5.92 Å². The molecule has 1 fully saturated rings. The molecule has 1 aliphatic rings. The summed E-state index contributed by atoms with van der Waals surface area (Å²) in [7, 11) is -2.17. The molecule has 0 amide bonds. The van der Waals surface area contributed by atoms with Crippen molar-refractivity contribution in [1.82, 2.24) is 4.31 Å². The second-order valence-electron chi connectivity index (χ2n) is 5.62. The van der Waals surface area contributed by atoms with E-state index in [9.17, 15) is 13.5 Å². The van der Waals surface area contributed by atoms with Crippen LogP contribution in [0.5, 0.6) is 5.75 Å². The first-order chi connectivity index (χ1) is 9.91. The predicted octanol–water partition coefficient (Wildman–Crippen LogP) is 2.00. The van der Waals surface area contributed by atoms with Gasteiger partial charge in [0.05, 0.1) is 13.7 Å². The Labute approximate surface area is 126 Å². The third-order valence-electron chi connectivity index (χ3n) is 4.31. The van der Waals surface area contributed by atoms with Crippen LogP contribution in [-0.4, -0.2) is 37.5 Å². The Hall–Kier alpha value is -1.11. The fourth-order valence-electron chi connectivity index (χ4n) is 2.78. The molecule has 0 bridgehead atoms. The first-order valence-corrected chi connectivity index (χ1v) is 8.65. The Kier molecular flexibility index (Phi) is 4.91. The number of rotatable bonds is 4. The van der Waals surface area contributed by atoms with E-state index >= 15 is 0 Å². The molecule has 118 valence electrons. The summed E-state index contributed by atoms with van der Waals surface area (Å²) in [5.41, 5.74) is 0.562. The molecule has 1 aromatic carbocycles. The highest BCUT2D eigenvalue weighted by Crippen LogP contribution is 2.33. The average molecular weight is 313 g/mol. The highest BCUT2D eigenvalue weighted by molar-refractivity contribution is 7.89. The molecule has 0 aliphatic carbocycles. The smallest absolute Gasteiger partial charge is 0.247 e. The normalized spacial score (nSPS) is 24.0. The van der Waals surface area contributed by atoms with Gasteiger partial charge in [0, 0.05) is 12.6 Å². The van der Waals surface area contributed by atoms with Crippen LogP contribution in [0.2, 0.25) is 0 Å². The highest BCUT2D eigenvalue weighted by atomic mass is 32.2. The fraction of sp³-hybridized carbons (Fsp3) is 0.600. The number of piperidine rings is 1. The molecule has 0 spiro atoms. The van der Waals surface area contributed by atoms with Gasteiger partial charge in [0.2, 0.25) is 10.0 Å². The van der Waals surface area contributed by atoms with E-state index < -0.39 is 10.0 Å². The van der Waals surface area contributed by atoms with E-state index in [0.29, 0.717) is 23.8 Å². The average Bonchev–Trinajstić information content (AvgIpc) is 2.49. The topological polar surface area (TPSA) is 66.8 Å². The second kappa shape index (κ2) is 6.34. The van der Waals surface area contributed by atoms with Gasteiger partial charge < -0.3 is 9.84 Å². The molecule has 5 nitrogen and oxygen atoms in total. The van der Waals surface area contributed by atoms with Gasteiger partial charge in [-0.25, -0.2) is 8.42 Å². The van der Waals surface area contributed by atoms with Gasteiger partial charge in [-0.15, -0.1) is 0 Å². The second-order valence-corrected chi connectivity index (χ2v) is 7.48. The Morgan fingerprint density at radius 3 is 2.71 bits per heavy atom. The minimum absolute atomic E-state index is 0.0359. The molecule has 1 aromatic rings. The zero-order chi connectivity index (χ0) is 15.6. The summed E-state index contributed by atoms with van der Waals surface area (Å²) in [6.07, 6.45) is 1.91. The molecule has 1 heterocycles. The van der Waals surface area contributed by atoms with Crippen LogP contribution in [0.15, 0.2) is 23.1 Å². The number of methoxy groups -OCH3 is 1. The number of aliphatic hydroxyl groups excluding tert-OH is 1. The summed E-state index contributed by atoms with van der Waals surface area (Å²) in [5.74, 6) is 0.651. The van der Waals surface area contributed by atoms with Crippen LogP contribution < -0.4 is 4.74 Å². The molecule has 1 aliphatic heterocycles. The first kappa shape index (κ1) is 16.3. The number of hydrogen-bond donors (Lipinski definition) is 1. The minimum atomic E-state index is -3.62. The van der Waals surface area contributed by atoms with Crippen LogP contribution in [0.4, 0.5) is 0 Å². The van der Waals surface area contributed by atoms with Gasteiger partial charge in [0.1, 0.15) is 10.6 Å². The number of aliphatic hydroxyl groups is 1. The Balaban J connectivity index is 2.47. The lowest BCUT2D eigenvalue weighted by atomic mass is 9.94. The molecule has 2 unspecified atom stereocenters. The van der Waals surface area contributed by atoms with Gasteiger partial charge in [-0.3, -0.25) is 0 Å². The van der Waals surface area contributed by atoms with Crippen molar-refractivity contribution in [3.05, 3.63) is 23.8 Å². The molecule has 6 heteroatoms. The Bertz CT molecular complexity index is 600. The predicted molar refractivity (Wildman–Crippen MR) is 80.7 cm³/mol. The SMILES string of the molecule is COc1ccc(CO)cc1S(=O)(=O)N1CCCC(C)C1C. The van der Waals surface area contributed by atoms with E-state index in [4.69, 9.17) is 4.74 Å². The van der Waals surface area contributed by atoms with Gasteiger partial charge in [0.25, 0.3) is 0 Å². The summed E-state index contributed by atoms with van der Waals surface area (Å²) in [4.78, 5) is 0.137. The summed E-state index contributed by atoms with van der Waals surface area (Å²) < 4.78 is 32.7. The number of hydrogen-bond acceptors (Lipinski definition) is 4. The van der Waals surface area contributed by atoms with Crippen molar-refractivity contribution in [3.8, 4) is 5.75 Å². The highest BCUT2D eigenvalue weighted by Gasteiger charge is 2.36. The van der Waals surface area contributed by atoms with E-state index in [0.717, 1.165) is 12.8 Å². The van der Waals surface area contributed by atoms with Crippen LogP contribution in [0.1, 0.15) is 32.3 Å². The number of nitrogens with zero attached hydrogens (tertiary/aromatic N) is 1. The monoisotopic (exact) mass is 313 g/mol. The van der Waals surface area contributed by atoms with Crippen molar-refractivity contribution in [2.45, 2.75) is 44.2 Å². The fourth-order valence-corrected chi connectivity index (χ4v) is 4.76. The van der Waals surface area contributed by atoms with Crippen molar-refractivity contribution < 1.29 is 18.3 Å². The molecule has 2 atom stereocenters. The molecule has 0 aromatic heterocycles. The molecule has 0 saturated carbocycles. The largest absolute Gasteiger partial charge is 0.495 e. The van der Waals surface area contributed by atoms with Crippen LogP contribution in [-0.2, 0) is 16.6 Å². The van der Waals surface area contributed by atoms with E-state index in [-0.39, 0.29) is 17.5 Å². The quantitative estimate of drug-likeness (QED) is 0.923. The lowest BCUT2D eigenvalue weighted by Crippen LogP contribution is -2.45. The summed E-state index contributed by atoms with van der Waals surface area (Å²) in [6.45, 7) is 4.36. The van der Waals surface area contributed by atoms with Gasteiger partial charge in [-0.05, 0) is 43.4 Å². The van der Waals surface area contributed by atoms with E-state index in [1.165, 1.54) is 13.2 Å². The van der Waals surface area contributed by atoms with Crippen molar-refractivity contribution in [2.75, 3.05) is 13.7 Å². The lowest BCUT2D eigenvalue weighted by molar-refractivity contribution is 0.202. The molecule has 21 heavy (non-hydrogen) atoms. The van der Waals surface area contributed by atoms with Gasteiger partial charge in [-0.1, -0.05) is 13.0 Å². The van der Waals surface area contributed by atoms with Crippen LogP contribution in [0.3, 0.4) is 0 Å². The zero-order valence-corrected chi connectivity index (χ0v) is 13.6. The minimum Gasteiger partial charge on any atom is -0.495 e. The van der Waals surface area contributed by atoms with E-state index in [1.54, 1.807) is 16.4 Å². The summed E-state index contributed by atoms with van der Waals surface area (Å²) >= 11 is 0. The molecule has 2 rings (SSSR count). The lowest BCUT2D eigenvalue weighted by Gasteiger charge is -2.37. The molecular weight excluding hydrogens is 290 g/mol. The summed E-state index contributed by atoms with van der Waals surface area (Å²) in [5, 5.41) is 9.25. The molecule has 1 N–H and O–H groups in total. The number of ether oxygens (including phenoxy) is 1. The molecular formula is C15H23NO4S. The van der Waals surface area contributed by atoms with Crippen LogP contribution in [0.25, 0.3) is 0 Å². The van der Waals surface area contributed by atoms with Crippen molar-refractivity contribution >= 4 is 10.0 Å². The third-order valence-corrected chi connectivity index (χ3v) is 6.32. The maximum absolute atomic E-state index is 13.0. The standard InChI is InChI=1S/C15H23NO4S/c1-11-5-4-8-16(12(11)2)21(18,19)15-9-13(10-17)6-7-14(15)20-3/h6-7,9,11-12,17H,4-5,8,10H2,1-3H3. The maximum atomic E-state index is 13.0. The third kappa shape index (κ3) is 3.07. The first-order valence-electron chi connectivity index (χ1n) is 7.21. The number of benzene rings is 1.